The van der Waals surface area contributed by atoms with Crippen LogP contribution in [0.25, 0.3) is 0 Å². The third-order valence-corrected chi connectivity index (χ3v) is 4.39. The number of hydrogen-bond acceptors (Lipinski definition) is 6. The third kappa shape index (κ3) is 5.97. The lowest BCUT2D eigenvalue weighted by Crippen LogP contribution is -2.51. The molecule has 0 unspecified atom stereocenters. The summed E-state index contributed by atoms with van der Waals surface area (Å²) in [7, 11) is 1.24. The van der Waals surface area contributed by atoms with E-state index in [0.717, 1.165) is 5.56 Å². The topological polar surface area (TPSA) is 114 Å². The number of nitrogens with one attached hydrogen (secondary N) is 2. The molecule has 152 valence electrons. The summed E-state index contributed by atoms with van der Waals surface area (Å²) in [6.07, 6.45) is 0.440. The molecule has 0 bridgehead atoms. The maximum absolute atomic E-state index is 12.4. The summed E-state index contributed by atoms with van der Waals surface area (Å²) in [6.45, 7) is 1.74. The van der Waals surface area contributed by atoms with Crippen LogP contribution in [0.1, 0.15) is 25.3 Å². The molecule has 0 spiro atoms. The van der Waals surface area contributed by atoms with Crippen LogP contribution < -0.4 is 10.6 Å². The van der Waals surface area contributed by atoms with Crippen molar-refractivity contribution >= 4 is 23.9 Å². The molecule has 0 saturated carbocycles. The van der Waals surface area contributed by atoms with E-state index in [2.05, 4.69) is 15.4 Å². The fourth-order valence-electron chi connectivity index (χ4n) is 2.91. The molecule has 1 aliphatic heterocycles. The molecule has 0 radical (unpaired) electrons. The fourth-order valence-corrected chi connectivity index (χ4v) is 2.91. The highest BCUT2D eigenvalue weighted by atomic mass is 16.5. The van der Waals surface area contributed by atoms with Crippen LogP contribution in [0.5, 0.6) is 0 Å². The number of hydrogen-bond donors (Lipinski definition) is 2. The zero-order valence-electron chi connectivity index (χ0n) is 16.0. The van der Waals surface area contributed by atoms with E-state index in [0.29, 0.717) is 19.4 Å². The lowest BCUT2D eigenvalue weighted by atomic mass is 10.2. The van der Waals surface area contributed by atoms with Gasteiger partial charge in [0.05, 0.1) is 7.11 Å². The Morgan fingerprint density at radius 2 is 1.93 bits per heavy atom. The minimum Gasteiger partial charge on any atom is -0.467 e. The van der Waals surface area contributed by atoms with Gasteiger partial charge in [-0.25, -0.2) is 9.59 Å². The molecule has 28 heavy (non-hydrogen) atoms. The quantitative estimate of drug-likeness (QED) is 0.658. The maximum atomic E-state index is 12.4. The van der Waals surface area contributed by atoms with Crippen LogP contribution in [0.15, 0.2) is 30.3 Å². The Balaban J connectivity index is 1.79. The van der Waals surface area contributed by atoms with Crippen molar-refractivity contribution in [3.05, 3.63) is 35.9 Å². The Bertz CT molecular complexity index is 709. The average Bonchev–Trinajstić information content (AvgIpc) is 3.20. The lowest BCUT2D eigenvalue weighted by molar-refractivity contribution is -0.145. The van der Waals surface area contributed by atoms with Crippen LogP contribution in [-0.4, -0.2) is 61.1 Å². The second-order valence-corrected chi connectivity index (χ2v) is 6.41. The van der Waals surface area contributed by atoms with E-state index in [4.69, 9.17) is 4.74 Å². The standard InChI is InChI=1S/C19H25N3O6/c1-13(18(25)27-2)21-17(24)15-9-6-10-22(15)16(23)11-20-19(26)28-12-14-7-4-3-5-8-14/h3-5,7-8,13,15H,6,9-12H2,1-2H3,(H,20,26)(H,21,24)/t13-,15+/m0/s1. The molecule has 9 heteroatoms. The van der Waals surface area contributed by atoms with Gasteiger partial charge in [0.25, 0.3) is 0 Å². The first-order chi connectivity index (χ1) is 13.4. The summed E-state index contributed by atoms with van der Waals surface area (Å²) in [6, 6.07) is 7.68. The molecule has 1 aliphatic rings. The first-order valence-corrected chi connectivity index (χ1v) is 9.04. The van der Waals surface area contributed by atoms with Crippen LogP contribution in [0.4, 0.5) is 4.79 Å². The fraction of sp³-hybridized carbons (Fsp3) is 0.474. The van der Waals surface area contributed by atoms with Crippen molar-refractivity contribution in [3.8, 4) is 0 Å². The first kappa shape index (κ1) is 21.2. The molecule has 1 aromatic rings. The van der Waals surface area contributed by atoms with Crippen LogP contribution in [0, 0.1) is 0 Å². The minimum absolute atomic E-state index is 0.0982. The van der Waals surface area contributed by atoms with Crippen molar-refractivity contribution in [1.82, 2.24) is 15.5 Å². The molecule has 1 saturated heterocycles. The zero-order chi connectivity index (χ0) is 20.5. The molecule has 1 heterocycles. The molecule has 0 aliphatic carbocycles. The number of rotatable bonds is 7. The second kappa shape index (κ2) is 10.3. The number of esters is 1. The molecule has 3 amide bonds. The smallest absolute Gasteiger partial charge is 0.407 e. The number of alkyl carbamates (subject to hydrolysis) is 1. The summed E-state index contributed by atoms with van der Waals surface area (Å²) in [5, 5.41) is 4.94. The van der Waals surface area contributed by atoms with Gasteiger partial charge in [0.1, 0.15) is 25.2 Å². The van der Waals surface area contributed by atoms with Crippen molar-refractivity contribution in [2.45, 2.75) is 38.5 Å². The largest absolute Gasteiger partial charge is 0.467 e. The Hall–Kier alpha value is -3.10. The van der Waals surface area contributed by atoms with Crippen LogP contribution in [0.2, 0.25) is 0 Å². The monoisotopic (exact) mass is 391 g/mol. The van der Waals surface area contributed by atoms with Gasteiger partial charge >= 0.3 is 12.1 Å². The van der Waals surface area contributed by atoms with Crippen molar-refractivity contribution in [3.63, 3.8) is 0 Å². The third-order valence-electron chi connectivity index (χ3n) is 4.39. The van der Waals surface area contributed by atoms with E-state index in [9.17, 15) is 19.2 Å². The number of likely N-dealkylation sites (tertiary alicyclic amines) is 1. The predicted octanol–water partition coefficient (Wildman–Crippen LogP) is 0.582. The Labute approximate surface area is 163 Å². The molecular weight excluding hydrogens is 366 g/mol. The highest BCUT2D eigenvalue weighted by molar-refractivity contribution is 5.92. The van der Waals surface area contributed by atoms with Gasteiger partial charge in [-0.05, 0) is 25.3 Å². The molecule has 2 N–H and O–H groups in total. The second-order valence-electron chi connectivity index (χ2n) is 6.41. The first-order valence-electron chi connectivity index (χ1n) is 9.04. The number of amides is 3. The van der Waals surface area contributed by atoms with Gasteiger partial charge in [0, 0.05) is 6.54 Å². The number of nitrogens with zero attached hydrogens (tertiary/aromatic N) is 1. The van der Waals surface area contributed by atoms with Gasteiger partial charge in [-0.15, -0.1) is 0 Å². The minimum atomic E-state index is -0.804. The van der Waals surface area contributed by atoms with Crippen molar-refractivity contribution in [2.75, 3.05) is 20.2 Å². The lowest BCUT2D eigenvalue weighted by Gasteiger charge is -2.25. The van der Waals surface area contributed by atoms with Gasteiger partial charge in [-0.3, -0.25) is 9.59 Å². The van der Waals surface area contributed by atoms with E-state index in [1.165, 1.54) is 18.9 Å². The van der Waals surface area contributed by atoms with Gasteiger partial charge < -0.3 is 25.0 Å². The number of carbonyl (C=O) groups is 4. The summed E-state index contributed by atoms with van der Waals surface area (Å²) >= 11 is 0. The van der Waals surface area contributed by atoms with Crippen LogP contribution in [0.3, 0.4) is 0 Å². The number of benzene rings is 1. The molecule has 9 nitrogen and oxygen atoms in total. The normalized spacial score (nSPS) is 16.8. The van der Waals surface area contributed by atoms with Crippen molar-refractivity contribution in [1.29, 1.82) is 0 Å². The Morgan fingerprint density at radius 3 is 2.61 bits per heavy atom. The van der Waals surface area contributed by atoms with Gasteiger partial charge in [-0.1, -0.05) is 30.3 Å². The molecular formula is C19H25N3O6. The molecule has 0 aromatic heterocycles. The molecule has 1 fully saturated rings. The Kier molecular flexibility index (Phi) is 7.79. The van der Waals surface area contributed by atoms with E-state index < -0.39 is 30.1 Å². The molecule has 2 rings (SSSR count). The summed E-state index contributed by atoms with van der Waals surface area (Å²) in [4.78, 5) is 49.4. The number of carbonyl (C=O) groups excluding carboxylic acids is 4. The number of ether oxygens (including phenoxy) is 2. The van der Waals surface area contributed by atoms with Gasteiger partial charge in [-0.2, -0.15) is 0 Å². The summed E-state index contributed by atoms with van der Waals surface area (Å²) in [5.41, 5.74) is 0.833. The van der Waals surface area contributed by atoms with Gasteiger partial charge in [0.2, 0.25) is 11.8 Å². The van der Waals surface area contributed by atoms with Crippen LogP contribution in [-0.2, 0) is 30.5 Å². The van der Waals surface area contributed by atoms with Crippen molar-refractivity contribution < 1.29 is 28.7 Å². The summed E-state index contributed by atoms with van der Waals surface area (Å²) in [5.74, 6) is -1.37. The number of methoxy groups -OCH3 is 1. The van der Waals surface area contributed by atoms with E-state index in [1.54, 1.807) is 0 Å². The van der Waals surface area contributed by atoms with Gasteiger partial charge in [0.15, 0.2) is 0 Å². The highest BCUT2D eigenvalue weighted by Gasteiger charge is 2.35. The molecule has 2 atom stereocenters. The Morgan fingerprint density at radius 1 is 1.21 bits per heavy atom. The predicted molar refractivity (Wildman–Crippen MR) is 99.0 cm³/mol. The zero-order valence-corrected chi connectivity index (χ0v) is 16.0. The van der Waals surface area contributed by atoms with E-state index in [-0.39, 0.29) is 19.1 Å². The SMILES string of the molecule is COC(=O)[C@H](C)NC(=O)[C@H]1CCCN1C(=O)CNC(=O)OCc1ccccc1. The highest BCUT2D eigenvalue weighted by Crippen LogP contribution is 2.17. The van der Waals surface area contributed by atoms with Crippen LogP contribution >= 0.6 is 0 Å². The average molecular weight is 391 g/mol. The van der Waals surface area contributed by atoms with E-state index in [1.807, 2.05) is 30.3 Å². The summed E-state index contributed by atoms with van der Waals surface area (Å²) < 4.78 is 9.63. The molecule has 1 aromatic carbocycles. The van der Waals surface area contributed by atoms with Crippen molar-refractivity contribution in [2.24, 2.45) is 0 Å². The maximum Gasteiger partial charge on any atom is 0.407 e. The van der Waals surface area contributed by atoms with E-state index >= 15 is 0 Å².